The third-order valence-electron chi connectivity index (χ3n) is 3.81. The number of benzene rings is 2. The smallest absolute Gasteiger partial charge is 0.329 e. The van der Waals surface area contributed by atoms with Crippen molar-refractivity contribution in [2.24, 2.45) is 0 Å². The Kier molecular flexibility index (Phi) is 5.02. The Morgan fingerprint density at radius 3 is 2.46 bits per heavy atom. The molecular weight excluding hydrogens is 335 g/mol. The van der Waals surface area contributed by atoms with Gasteiger partial charge in [-0.3, -0.25) is 9.69 Å². The number of urea groups is 1. The molecular formula is C20H19FN2O3. The van der Waals surface area contributed by atoms with E-state index in [1.165, 1.54) is 6.07 Å². The van der Waals surface area contributed by atoms with Crippen molar-refractivity contribution in [3.8, 4) is 5.75 Å². The first kappa shape index (κ1) is 17.7. The average molecular weight is 354 g/mol. The van der Waals surface area contributed by atoms with E-state index in [-0.39, 0.29) is 23.9 Å². The number of nitrogens with one attached hydrogen (secondary N) is 1. The Balaban J connectivity index is 1.75. The molecule has 3 rings (SSSR count). The lowest BCUT2D eigenvalue weighted by Gasteiger charge is -2.12. The lowest BCUT2D eigenvalue weighted by atomic mass is 10.1. The lowest BCUT2D eigenvalue weighted by Crippen LogP contribution is -2.30. The summed E-state index contributed by atoms with van der Waals surface area (Å²) in [6.45, 7) is 3.76. The molecule has 0 spiro atoms. The van der Waals surface area contributed by atoms with Crippen LogP contribution in [0.4, 0.5) is 9.18 Å². The van der Waals surface area contributed by atoms with Gasteiger partial charge in [-0.2, -0.15) is 0 Å². The van der Waals surface area contributed by atoms with Crippen molar-refractivity contribution in [3.63, 3.8) is 0 Å². The zero-order valence-electron chi connectivity index (χ0n) is 14.5. The fourth-order valence-electron chi connectivity index (χ4n) is 2.59. The van der Waals surface area contributed by atoms with Crippen LogP contribution < -0.4 is 10.1 Å². The van der Waals surface area contributed by atoms with Gasteiger partial charge in [-0.15, -0.1) is 0 Å². The number of amides is 3. The van der Waals surface area contributed by atoms with E-state index < -0.39 is 17.8 Å². The molecule has 0 aliphatic carbocycles. The van der Waals surface area contributed by atoms with E-state index in [0.717, 1.165) is 16.2 Å². The first-order chi connectivity index (χ1) is 12.4. The van der Waals surface area contributed by atoms with Gasteiger partial charge in [-0.1, -0.05) is 30.3 Å². The number of carbonyl (C=O) groups excluding carboxylic acids is 2. The summed E-state index contributed by atoms with van der Waals surface area (Å²) < 4.78 is 19.3. The number of hydrogen-bond acceptors (Lipinski definition) is 3. The van der Waals surface area contributed by atoms with E-state index in [1.807, 2.05) is 13.8 Å². The van der Waals surface area contributed by atoms with Crippen molar-refractivity contribution >= 4 is 18.0 Å². The average Bonchev–Trinajstić information content (AvgIpc) is 2.85. The van der Waals surface area contributed by atoms with Crippen LogP contribution in [0.5, 0.6) is 5.75 Å². The van der Waals surface area contributed by atoms with E-state index in [4.69, 9.17) is 4.74 Å². The molecule has 0 aromatic heterocycles. The molecule has 1 N–H and O–H groups in total. The van der Waals surface area contributed by atoms with E-state index in [9.17, 15) is 14.0 Å². The molecule has 134 valence electrons. The van der Waals surface area contributed by atoms with Gasteiger partial charge in [0, 0.05) is 5.56 Å². The monoisotopic (exact) mass is 354 g/mol. The minimum atomic E-state index is -0.565. The molecule has 1 aliphatic heterocycles. The van der Waals surface area contributed by atoms with Crippen molar-refractivity contribution in [1.82, 2.24) is 10.2 Å². The van der Waals surface area contributed by atoms with Gasteiger partial charge in [-0.25, -0.2) is 9.18 Å². The third kappa shape index (κ3) is 3.91. The van der Waals surface area contributed by atoms with Gasteiger partial charge in [0.15, 0.2) is 0 Å². The highest BCUT2D eigenvalue weighted by atomic mass is 19.1. The normalized spacial score (nSPS) is 15.7. The van der Waals surface area contributed by atoms with Crippen molar-refractivity contribution in [2.75, 3.05) is 0 Å². The second-order valence-corrected chi connectivity index (χ2v) is 6.21. The van der Waals surface area contributed by atoms with E-state index >= 15 is 0 Å². The fraction of sp³-hybridized carbons (Fsp3) is 0.200. The van der Waals surface area contributed by atoms with Crippen LogP contribution in [0.3, 0.4) is 0 Å². The molecule has 1 fully saturated rings. The summed E-state index contributed by atoms with van der Waals surface area (Å²) in [5.74, 6) is -0.211. The van der Waals surface area contributed by atoms with Crippen LogP contribution in [-0.4, -0.2) is 22.9 Å². The fourth-order valence-corrected chi connectivity index (χ4v) is 2.59. The Hall–Kier alpha value is -3.15. The van der Waals surface area contributed by atoms with Gasteiger partial charge >= 0.3 is 6.03 Å². The number of imide groups is 1. The number of carbonyl (C=O) groups is 2. The second kappa shape index (κ2) is 7.39. The Labute approximate surface area is 151 Å². The van der Waals surface area contributed by atoms with Gasteiger partial charge < -0.3 is 10.1 Å². The Morgan fingerprint density at radius 1 is 1.12 bits per heavy atom. The first-order valence-electron chi connectivity index (χ1n) is 8.28. The standard InChI is InChI=1S/C20H19FN2O3/c1-13(2)26-16-9-7-14(8-10-16)11-18-19(24)23(20(25)22-18)12-15-5-3-4-6-17(15)21/h3-11,13H,12H2,1-2H3,(H,22,25)/b18-11+. The number of rotatable bonds is 5. The van der Waals surface area contributed by atoms with Crippen LogP contribution in [0, 0.1) is 5.82 Å². The van der Waals surface area contributed by atoms with E-state index in [0.29, 0.717) is 0 Å². The molecule has 0 radical (unpaired) electrons. The molecule has 5 nitrogen and oxygen atoms in total. The maximum atomic E-state index is 13.8. The van der Waals surface area contributed by atoms with Gasteiger partial charge in [0.2, 0.25) is 0 Å². The van der Waals surface area contributed by atoms with Crippen molar-refractivity contribution in [1.29, 1.82) is 0 Å². The highest BCUT2D eigenvalue weighted by Gasteiger charge is 2.33. The zero-order valence-corrected chi connectivity index (χ0v) is 14.5. The molecule has 0 bridgehead atoms. The second-order valence-electron chi connectivity index (χ2n) is 6.21. The summed E-state index contributed by atoms with van der Waals surface area (Å²) in [6.07, 6.45) is 1.66. The Bertz CT molecular complexity index is 860. The molecule has 1 aliphatic rings. The minimum absolute atomic E-state index is 0.0712. The van der Waals surface area contributed by atoms with Crippen LogP contribution in [-0.2, 0) is 11.3 Å². The molecule has 3 amide bonds. The molecule has 0 atom stereocenters. The highest BCUT2D eigenvalue weighted by Crippen LogP contribution is 2.20. The van der Waals surface area contributed by atoms with Gasteiger partial charge in [0.25, 0.3) is 5.91 Å². The van der Waals surface area contributed by atoms with Gasteiger partial charge in [-0.05, 0) is 43.7 Å². The summed E-state index contributed by atoms with van der Waals surface area (Å²) in [6, 6.07) is 12.7. The molecule has 1 saturated heterocycles. The summed E-state index contributed by atoms with van der Waals surface area (Å²) in [5.41, 5.74) is 1.19. The topological polar surface area (TPSA) is 58.6 Å². The molecule has 2 aromatic rings. The van der Waals surface area contributed by atoms with Crippen LogP contribution in [0.25, 0.3) is 6.08 Å². The molecule has 0 saturated carbocycles. The molecule has 26 heavy (non-hydrogen) atoms. The van der Waals surface area contributed by atoms with Crippen molar-refractivity contribution in [3.05, 3.63) is 71.2 Å². The first-order valence-corrected chi connectivity index (χ1v) is 8.28. The Morgan fingerprint density at radius 2 is 1.81 bits per heavy atom. The number of ether oxygens (including phenoxy) is 1. The summed E-state index contributed by atoms with van der Waals surface area (Å²) >= 11 is 0. The largest absolute Gasteiger partial charge is 0.491 e. The van der Waals surface area contributed by atoms with Crippen LogP contribution >= 0.6 is 0 Å². The zero-order chi connectivity index (χ0) is 18.7. The molecule has 2 aromatic carbocycles. The summed E-state index contributed by atoms with van der Waals surface area (Å²) in [5, 5.41) is 2.53. The predicted molar refractivity (Wildman–Crippen MR) is 95.7 cm³/mol. The predicted octanol–water partition coefficient (Wildman–Crippen LogP) is 3.71. The highest BCUT2D eigenvalue weighted by molar-refractivity contribution is 6.13. The lowest BCUT2D eigenvalue weighted by molar-refractivity contribution is -0.123. The number of nitrogens with zero attached hydrogens (tertiary/aromatic N) is 1. The van der Waals surface area contributed by atoms with Crippen molar-refractivity contribution < 1.29 is 18.7 Å². The van der Waals surface area contributed by atoms with Crippen molar-refractivity contribution in [2.45, 2.75) is 26.5 Å². The number of hydrogen-bond donors (Lipinski definition) is 1. The van der Waals surface area contributed by atoms with Crippen LogP contribution in [0.2, 0.25) is 0 Å². The third-order valence-corrected chi connectivity index (χ3v) is 3.81. The maximum Gasteiger partial charge on any atom is 0.329 e. The summed E-state index contributed by atoms with van der Waals surface area (Å²) in [4.78, 5) is 25.5. The van der Waals surface area contributed by atoms with Crippen LogP contribution in [0.1, 0.15) is 25.0 Å². The van der Waals surface area contributed by atoms with E-state index in [2.05, 4.69) is 5.32 Å². The summed E-state index contributed by atoms with van der Waals surface area (Å²) in [7, 11) is 0. The molecule has 1 heterocycles. The SMILES string of the molecule is CC(C)Oc1ccc(/C=C2/NC(=O)N(Cc3ccccc3F)C2=O)cc1. The van der Waals surface area contributed by atoms with Gasteiger partial charge in [0.1, 0.15) is 17.3 Å². The molecule has 6 heteroatoms. The quantitative estimate of drug-likeness (QED) is 0.658. The minimum Gasteiger partial charge on any atom is -0.491 e. The molecule has 0 unspecified atom stereocenters. The number of halogens is 1. The van der Waals surface area contributed by atoms with Crippen LogP contribution in [0.15, 0.2) is 54.2 Å². The van der Waals surface area contributed by atoms with E-state index in [1.54, 1.807) is 48.5 Å². The maximum absolute atomic E-state index is 13.8. The van der Waals surface area contributed by atoms with Gasteiger partial charge in [0.05, 0.1) is 12.6 Å².